The van der Waals surface area contributed by atoms with Crippen LogP contribution in [0.2, 0.25) is 0 Å². The van der Waals surface area contributed by atoms with E-state index in [1.54, 1.807) is 6.20 Å². The zero-order chi connectivity index (χ0) is 28.8. The highest BCUT2D eigenvalue weighted by Gasteiger charge is 2.41. The van der Waals surface area contributed by atoms with E-state index in [1.165, 1.54) is 6.07 Å². The highest BCUT2D eigenvalue weighted by molar-refractivity contribution is 5.87. The van der Waals surface area contributed by atoms with E-state index in [4.69, 9.17) is 9.47 Å². The molecule has 1 aliphatic carbocycles. The molecule has 3 heterocycles. The molecule has 4 rings (SSSR count). The summed E-state index contributed by atoms with van der Waals surface area (Å²) in [4.78, 5) is 30.0. The second kappa shape index (κ2) is 10.7. The van der Waals surface area contributed by atoms with Crippen molar-refractivity contribution in [1.82, 2.24) is 15.6 Å². The van der Waals surface area contributed by atoms with E-state index in [9.17, 15) is 9.59 Å². The molecule has 2 saturated heterocycles. The minimum absolute atomic E-state index is 0.0825. The molecule has 39 heavy (non-hydrogen) atoms. The molecule has 1 aromatic heterocycles. The van der Waals surface area contributed by atoms with Gasteiger partial charge in [-0.05, 0) is 98.6 Å². The quantitative estimate of drug-likeness (QED) is 0.451. The maximum atomic E-state index is 15.0. The van der Waals surface area contributed by atoms with Crippen LogP contribution in [-0.4, -0.2) is 51.3 Å². The van der Waals surface area contributed by atoms with Crippen molar-refractivity contribution in [3.8, 4) is 0 Å². The maximum Gasteiger partial charge on any atom is 0.360 e. The van der Waals surface area contributed by atoms with E-state index < -0.39 is 11.8 Å². The van der Waals surface area contributed by atoms with Crippen LogP contribution in [0.1, 0.15) is 129 Å². The van der Waals surface area contributed by atoms with Gasteiger partial charge in [0.25, 0.3) is 0 Å². The Morgan fingerprint density at radius 3 is 1.72 bits per heavy atom. The first-order valence-corrected chi connectivity index (χ1v) is 14.6. The van der Waals surface area contributed by atoms with Gasteiger partial charge in [0.2, 0.25) is 0 Å². The van der Waals surface area contributed by atoms with Crippen molar-refractivity contribution < 1.29 is 23.5 Å². The molecule has 7 nitrogen and oxygen atoms in total. The van der Waals surface area contributed by atoms with Crippen molar-refractivity contribution in [2.75, 3.05) is 0 Å². The van der Waals surface area contributed by atoms with Gasteiger partial charge in [-0.25, -0.2) is 14.2 Å². The summed E-state index contributed by atoms with van der Waals surface area (Å²) in [6, 6.07) is 1.42. The molecule has 0 aromatic carbocycles. The van der Waals surface area contributed by atoms with Crippen LogP contribution < -0.4 is 10.6 Å². The molecule has 218 valence electrons. The lowest BCUT2D eigenvalue weighted by Gasteiger charge is -2.46. The molecule has 1 aromatic rings. The van der Waals surface area contributed by atoms with Crippen molar-refractivity contribution in [2.24, 2.45) is 5.92 Å². The Labute approximate surface area is 233 Å². The fourth-order valence-corrected chi connectivity index (χ4v) is 7.58. The predicted octanol–water partition coefficient (Wildman–Crippen LogP) is 5.81. The largest absolute Gasteiger partial charge is 0.462 e. The van der Waals surface area contributed by atoms with Crippen LogP contribution in [0.25, 0.3) is 0 Å². The number of esters is 2. The van der Waals surface area contributed by atoms with Crippen molar-refractivity contribution in [1.29, 1.82) is 0 Å². The van der Waals surface area contributed by atoms with Crippen molar-refractivity contribution >= 4 is 11.9 Å². The number of carbonyl (C=O) groups excluding carboxylic acids is 2. The minimum atomic E-state index is -0.715. The van der Waals surface area contributed by atoms with Crippen LogP contribution in [0.15, 0.2) is 12.3 Å². The summed E-state index contributed by atoms with van der Waals surface area (Å²) in [6.07, 6.45) is 7.02. The maximum absolute atomic E-state index is 15.0. The standard InChI is InChI=1S/C31H48FN3O4/c1-28(2)14-22(15-29(3,4)34-28)38-26(36)20-11-9-19(10-12-20)21-13-24(32)25(33-18-21)27(37)39-23-16-30(5,6)35-31(7,8)17-23/h13,18-20,22-23,34-35H,9-12,14-17H2,1-8H3. The summed E-state index contributed by atoms with van der Waals surface area (Å²) in [7, 11) is 0. The van der Waals surface area contributed by atoms with Crippen molar-refractivity contribution in [3.05, 3.63) is 29.3 Å². The molecule has 0 bridgehead atoms. The summed E-state index contributed by atoms with van der Waals surface area (Å²) >= 11 is 0. The normalized spacial score (nSPS) is 28.4. The Morgan fingerprint density at radius 1 is 0.795 bits per heavy atom. The smallest absolute Gasteiger partial charge is 0.360 e. The molecule has 0 radical (unpaired) electrons. The Morgan fingerprint density at radius 2 is 1.26 bits per heavy atom. The van der Waals surface area contributed by atoms with Crippen LogP contribution in [-0.2, 0) is 14.3 Å². The summed E-state index contributed by atoms with van der Waals surface area (Å²) in [5.41, 5.74) is -0.0371. The van der Waals surface area contributed by atoms with E-state index in [0.717, 1.165) is 31.2 Å². The summed E-state index contributed by atoms with van der Waals surface area (Å²) in [5, 5.41) is 7.18. The first-order valence-electron chi connectivity index (χ1n) is 14.6. The number of aromatic nitrogens is 1. The number of pyridine rings is 1. The van der Waals surface area contributed by atoms with Gasteiger partial charge in [-0.2, -0.15) is 0 Å². The monoisotopic (exact) mass is 545 g/mol. The molecule has 2 aliphatic heterocycles. The molecule has 0 spiro atoms. The van der Waals surface area contributed by atoms with Crippen LogP contribution in [0.5, 0.6) is 0 Å². The van der Waals surface area contributed by atoms with Gasteiger partial charge in [0.05, 0.1) is 5.92 Å². The molecule has 8 heteroatoms. The lowest BCUT2D eigenvalue weighted by Crippen LogP contribution is -2.59. The van der Waals surface area contributed by atoms with Gasteiger partial charge in [-0.1, -0.05) is 0 Å². The van der Waals surface area contributed by atoms with E-state index in [2.05, 4.69) is 71.0 Å². The lowest BCUT2D eigenvalue weighted by molar-refractivity contribution is -0.159. The number of nitrogens with zero attached hydrogens (tertiary/aromatic N) is 1. The molecular formula is C31H48FN3O4. The molecule has 0 amide bonds. The van der Waals surface area contributed by atoms with E-state index >= 15 is 4.39 Å². The van der Waals surface area contributed by atoms with Gasteiger partial charge < -0.3 is 20.1 Å². The first kappa shape index (κ1) is 29.9. The SMILES string of the molecule is CC1(C)CC(OC(=O)c2ncc(C3CCC(C(=O)OC4CC(C)(C)NC(C)(C)C4)CC3)cc2F)CC(C)(C)N1. The number of rotatable bonds is 5. The van der Waals surface area contributed by atoms with E-state index in [0.29, 0.717) is 25.7 Å². The molecular weight excluding hydrogens is 497 g/mol. The van der Waals surface area contributed by atoms with Gasteiger partial charge in [0, 0.05) is 54.0 Å². The molecule has 0 unspecified atom stereocenters. The predicted molar refractivity (Wildman–Crippen MR) is 149 cm³/mol. The Bertz CT molecular complexity index is 1040. The number of hydrogen-bond donors (Lipinski definition) is 2. The number of nitrogens with one attached hydrogen (secondary N) is 2. The van der Waals surface area contributed by atoms with Gasteiger partial charge in [-0.3, -0.25) is 4.79 Å². The van der Waals surface area contributed by atoms with Gasteiger partial charge in [0.1, 0.15) is 12.2 Å². The zero-order valence-corrected chi connectivity index (χ0v) is 25.1. The summed E-state index contributed by atoms with van der Waals surface area (Å²) < 4.78 is 26.7. The highest BCUT2D eigenvalue weighted by atomic mass is 19.1. The molecule has 3 fully saturated rings. The Balaban J connectivity index is 1.31. The van der Waals surface area contributed by atoms with E-state index in [1.807, 2.05) is 0 Å². The summed E-state index contributed by atoms with van der Waals surface area (Å²) in [5.74, 6) is -1.51. The number of hydrogen-bond acceptors (Lipinski definition) is 7. The molecule has 0 atom stereocenters. The van der Waals surface area contributed by atoms with Gasteiger partial charge in [0.15, 0.2) is 11.5 Å². The molecule has 1 saturated carbocycles. The average Bonchev–Trinajstić information content (AvgIpc) is 2.74. The van der Waals surface area contributed by atoms with Crippen molar-refractivity contribution in [2.45, 2.75) is 147 Å². The van der Waals surface area contributed by atoms with Crippen LogP contribution in [0, 0.1) is 11.7 Å². The third-order valence-corrected chi connectivity index (χ3v) is 8.45. The fourth-order valence-electron chi connectivity index (χ4n) is 7.58. The van der Waals surface area contributed by atoms with Gasteiger partial charge in [-0.15, -0.1) is 0 Å². The topological polar surface area (TPSA) is 89.5 Å². The number of ether oxygens (including phenoxy) is 2. The van der Waals surface area contributed by atoms with E-state index in [-0.39, 0.29) is 57.9 Å². The van der Waals surface area contributed by atoms with Crippen LogP contribution >= 0.6 is 0 Å². The summed E-state index contributed by atoms with van der Waals surface area (Å²) in [6.45, 7) is 16.9. The average molecular weight is 546 g/mol. The number of carbonyl (C=O) groups is 2. The second-order valence-corrected chi connectivity index (χ2v) is 14.8. The number of piperidine rings is 2. The number of halogens is 1. The molecule has 2 N–H and O–H groups in total. The lowest BCUT2D eigenvalue weighted by atomic mass is 9.78. The Kier molecular flexibility index (Phi) is 8.23. The Hall–Kier alpha value is -2.06. The fraction of sp³-hybridized carbons (Fsp3) is 0.774. The minimum Gasteiger partial charge on any atom is -0.462 e. The highest BCUT2D eigenvalue weighted by Crippen LogP contribution is 2.38. The third kappa shape index (κ3) is 7.78. The van der Waals surface area contributed by atoms with Crippen LogP contribution in [0.3, 0.4) is 0 Å². The second-order valence-electron chi connectivity index (χ2n) is 14.8. The van der Waals surface area contributed by atoms with Gasteiger partial charge >= 0.3 is 11.9 Å². The third-order valence-electron chi connectivity index (χ3n) is 8.45. The first-order chi connectivity index (χ1) is 17.9. The van der Waals surface area contributed by atoms with Crippen molar-refractivity contribution in [3.63, 3.8) is 0 Å². The van der Waals surface area contributed by atoms with Crippen LogP contribution in [0.4, 0.5) is 4.39 Å². The molecule has 3 aliphatic rings. The zero-order valence-electron chi connectivity index (χ0n) is 25.1.